The first kappa shape index (κ1) is 34.8. The van der Waals surface area contributed by atoms with Crippen molar-refractivity contribution >= 4 is 49.1 Å². The molecule has 9 nitrogen and oxygen atoms in total. The molecule has 1 spiro atoms. The highest BCUT2D eigenvalue weighted by molar-refractivity contribution is 6.72. The van der Waals surface area contributed by atoms with Crippen molar-refractivity contribution in [1.29, 1.82) is 0 Å². The molecule has 3 amide bonds. The Labute approximate surface area is 298 Å². The van der Waals surface area contributed by atoms with Crippen LogP contribution in [0, 0.1) is 5.92 Å². The van der Waals surface area contributed by atoms with E-state index in [1.54, 1.807) is 41.1 Å². The maximum atomic E-state index is 16.4. The zero-order valence-electron chi connectivity index (χ0n) is 28.6. The van der Waals surface area contributed by atoms with E-state index in [2.05, 4.69) is 10.6 Å². The van der Waals surface area contributed by atoms with Gasteiger partial charge in [-0.25, -0.2) is 0 Å². The number of nitrogens with one attached hydrogen (secondary N) is 2. The number of benzene rings is 3. The van der Waals surface area contributed by atoms with Crippen LogP contribution in [0.4, 0.5) is 15.5 Å². The maximum absolute atomic E-state index is 16.4. The number of carbonyl (C=O) groups is 3. The fraction of sp³-hybridized carbons (Fsp3) is 0.447. The van der Waals surface area contributed by atoms with Gasteiger partial charge in [0.15, 0.2) is 5.60 Å². The fourth-order valence-corrected chi connectivity index (χ4v) is 11.4. The number of nitrogens with zero attached hydrogens (tertiary/aromatic N) is 2. The number of carbonyl (C=O) groups excluding carboxylic acids is 3. The predicted molar refractivity (Wildman–Crippen MR) is 193 cm³/mol. The van der Waals surface area contributed by atoms with Crippen molar-refractivity contribution in [1.82, 2.24) is 10.2 Å². The van der Waals surface area contributed by atoms with Crippen molar-refractivity contribution in [2.45, 2.75) is 88.1 Å². The zero-order chi connectivity index (χ0) is 35.4. The van der Waals surface area contributed by atoms with E-state index in [4.69, 9.17) is 16.3 Å². The summed E-state index contributed by atoms with van der Waals surface area (Å²) in [5.74, 6) is -1.20. The third kappa shape index (κ3) is 6.17. The first-order valence-corrected chi connectivity index (χ1v) is 20.8. The average Bonchev–Trinajstić information content (AvgIpc) is 3.79. The lowest BCUT2D eigenvalue weighted by Gasteiger charge is -2.37. The normalized spacial score (nSPS) is 27.5. The molecule has 4 aliphatic heterocycles. The molecule has 0 aliphatic carbocycles. The van der Waals surface area contributed by atoms with Crippen LogP contribution in [0.3, 0.4) is 0 Å². The number of rotatable bonds is 8. The summed E-state index contributed by atoms with van der Waals surface area (Å²) in [6, 6.07) is 19.9. The molecule has 0 aromatic heterocycles. The molecule has 4 aliphatic rings. The van der Waals surface area contributed by atoms with Gasteiger partial charge in [0.1, 0.15) is 0 Å². The summed E-state index contributed by atoms with van der Waals surface area (Å²) in [4.78, 5) is 44.8. The molecule has 50 heavy (non-hydrogen) atoms. The van der Waals surface area contributed by atoms with Crippen molar-refractivity contribution in [2.24, 2.45) is 5.92 Å². The fourth-order valence-electron chi connectivity index (χ4n) is 8.72. The molecule has 3 aromatic carbocycles. The summed E-state index contributed by atoms with van der Waals surface area (Å²) in [5, 5.41) is 16.8. The van der Waals surface area contributed by atoms with Crippen molar-refractivity contribution in [3.63, 3.8) is 0 Å². The second kappa shape index (κ2) is 13.5. The average molecular weight is 719 g/mol. The van der Waals surface area contributed by atoms with Gasteiger partial charge in [0.05, 0.1) is 43.4 Å². The van der Waals surface area contributed by atoms with E-state index in [-0.39, 0.29) is 43.3 Å². The Hall–Kier alpha value is -3.61. The molecule has 4 heterocycles. The Balaban J connectivity index is 1.16. The summed E-state index contributed by atoms with van der Waals surface area (Å²) in [7, 11) is -3.52. The highest BCUT2D eigenvalue weighted by Gasteiger charge is 2.67. The van der Waals surface area contributed by atoms with Gasteiger partial charge in [-0.05, 0) is 85.9 Å². The van der Waals surface area contributed by atoms with Gasteiger partial charge in [0, 0.05) is 34.3 Å². The number of amides is 3. The predicted octanol–water partition coefficient (Wildman–Crippen LogP) is 5.69. The second-order valence-corrected chi connectivity index (χ2v) is 18.9. The summed E-state index contributed by atoms with van der Waals surface area (Å²) < 4.78 is 23.2. The monoisotopic (exact) mass is 718 g/mol. The molecular weight excluding hydrogens is 675 g/mol. The highest BCUT2D eigenvalue weighted by Crippen LogP contribution is 2.60. The van der Waals surface area contributed by atoms with Crippen molar-refractivity contribution < 1.29 is 28.3 Å². The summed E-state index contributed by atoms with van der Waals surface area (Å²) >= 11 is 6.54. The van der Waals surface area contributed by atoms with Crippen LogP contribution in [0.15, 0.2) is 66.7 Å². The first-order chi connectivity index (χ1) is 23.9. The van der Waals surface area contributed by atoms with Gasteiger partial charge in [0.25, 0.3) is 5.91 Å². The summed E-state index contributed by atoms with van der Waals surface area (Å²) in [5.41, 5.74) is 2.64. The zero-order valence-corrected chi connectivity index (χ0v) is 30.4. The van der Waals surface area contributed by atoms with Crippen LogP contribution < -0.4 is 15.5 Å². The number of halogens is 2. The summed E-state index contributed by atoms with van der Waals surface area (Å²) in [6.45, 7) is 6.29. The SMILES string of the molecule is C[C@H]1[C@H]([Si](C)(C)F)[C@@H](CC(=O)N2Cc3ccccc3C[C@H]2CO)O[C@]12C(=O)N(Cc1ccc(NC(=O)[C@H]3CCCN3)cc1)c1ccc(Cl)cc12. The Morgan fingerprint density at radius 3 is 2.54 bits per heavy atom. The molecular formula is C38H44ClFN4O5Si. The number of fused-ring (bicyclic) bond motifs is 3. The van der Waals surface area contributed by atoms with E-state index in [1.807, 2.05) is 55.5 Å². The van der Waals surface area contributed by atoms with E-state index < -0.39 is 37.6 Å². The van der Waals surface area contributed by atoms with Crippen LogP contribution in [0.1, 0.15) is 48.4 Å². The molecule has 7 rings (SSSR count). The number of ether oxygens (including phenoxy) is 1. The molecule has 12 heteroatoms. The molecule has 264 valence electrons. The van der Waals surface area contributed by atoms with Gasteiger partial charge in [0.2, 0.25) is 20.2 Å². The molecule has 0 radical (unpaired) electrons. The molecule has 3 aromatic rings. The number of anilines is 2. The Morgan fingerprint density at radius 1 is 1.12 bits per heavy atom. The molecule has 2 saturated heterocycles. The molecule has 2 fully saturated rings. The number of aliphatic hydroxyl groups excluding tert-OH is 1. The van der Waals surface area contributed by atoms with Gasteiger partial charge >= 0.3 is 0 Å². The lowest BCUT2D eigenvalue weighted by molar-refractivity contribution is -0.151. The number of aliphatic hydroxyl groups is 1. The lowest BCUT2D eigenvalue weighted by Crippen LogP contribution is -2.48. The van der Waals surface area contributed by atoms with E-state index in [1.165, 1.54) is 0 Å². The van der Waals surface area contributed by atoms with Crippen molar-refractivity contribution in [2.75, 3.05) is 23.4 Å². The van der Waals surface area contributed by atoms with E-state index in [0.717, 1.165) is 36.1 Å². The van der Waals surface area contributed by atoms with Crippen molar-refractivity contribution in [3.05, 3.63) is 94.0 Å². The minimum atomic E-state index is -3.52. The quantitative estimate of drug-likeness (QED) is 0.204. The third-order valence-electron chi connectivity index (χ3n) is 11.1. The Morgan fingerprint density at radius 2 is 1.86 bits per heavy atom. The van der Waals surface area contributed by atoms with Crippen LogP contribution in [0.25, 0.3) is 0 Å². The van der Waals surface area contributed by atoms with Gasteiger partial charge in [-0.1, -0.05) is 54.9 Å². The molecule has 0 unspecified atom stereocenters. The second-order valence-electron chi connectivity index (χ2n) is 14.7. The topological polar surface area (TPSA) is 111 Å². The molecule has 6 atom stereocenters. The molecule has 3 N–H and O–H groups in total. The summed E-state index contributed by atoms with van der Waals surface area (Å²) in [6.07, 6.45) is 1.34. The minimum absolute atomic E-state index is 0.0657. The minimum Gasteiger partial charge on any atom is -0.394 e. The maximum Gasteiger partial charge on any atom is 0.264 e. The lowest BCUT2D eigenvalue weighted by atomic mass is 9.82. The number of hydrogen-bond donors (Lipinski definition) is 3. The van der Waals surface area contributed by atoms with Gasteiger partial charge in [-0.3, -0.25) is 14.4 Å². The Kier molecular flexibility index (Phi) is 9.40. The van der Waals surface area contributed by atoms with E-state index >= 15 is 4.11 Å². The molecule has 0 saturated carbocycles. The van der Waals surface area contributed by atoms with Gasteiger partial charge in [-0.15, -0.1) is 0 Å². The third-order valence-corrected chi connectivity index (χ3v) is 13.8. The van der Waals surface area contributed by atoms with Crippen LogP contribution in [0.2, 0.25) is 23.7 Å². The van der Waals surface area contributed by atoms with Crippen LogP contribution in [0.5, 0.6) is 0 Å². The van der Waals surface area contributed by atoms with Crippen LogP contribution in [-0.2, 0) is 44.2 Å². The largest absolute Gasteiger partial charge is 0.394 e. The van der Waals surface area contributed by atoms with Crippen LogP contribution in [-0.4, -0.2) is 67.5 Å². The standard InChI is InChI=1S/C38H44ClFN4O5Si/c1-23-35(50(2,3)40)33(19-34(46)43-21-26-8-5-4-7-25(26)17-29(43)22-45)49-38(23)30-18-27(39)12-15-32(30)44(37(38)48)20-24-10-13-28(14-11-24)42-36(47)31-9-6-16-41-31/h4-5,7-8,10-15,18,23,29,31,33,35,41,45H,6,9,16-17,19-22H2,1-3H3,(H,42,47)/t23-,29-,31+,33+,35-,38+/m0/s1. The first-order valence-electron chi connectivity index (χ1n) is 17.5. The smallest absolute Gasteiger partial charge is 0.264 e. The van der Waals surface area contributed by atoms with E-state index in [0.29, 0.717) is 34.9 Å². The van der Waals surface area contributed by atoms with Crippen molar-refractivity contribution in [3.8, 4) is 0 Å². The van der Waals surface area contributed by atoms with E-state index in [9.17, 15) is 19.5 Å². The van der Waals surface area contributed by atoms with Gasteiger partial charge in [-0.2, -0.15) is 0 Å². The molecule has 0 bridgehead atoms. The number of hydrogen-bond acceptors (Lipinski definition) is 6. The van der Waals surface area contributed by atoms with Gasteiger partial charge < -0.3 is 34.4 Å². The van der Waals surface area contributed by atoms with Crippen LogP contribution >= 0.6 is 11.6 Å². The highest BCUT2D eigenvalue weighted by atomic mass is 35.5. The Bertz CT molecular complexity index is 1800.